The van der Waals surface area contributed by atoms with Gasteiger partial charge in [-0.15, -0.1) is 0 Å². The van der Waals surface area contributed by atoms with E-state index in [1.807, 2.05) is 0 Å². The van der Waals surface area contributed by atoms with Gasteiger partial charge in [-0.25, -0.2) is 0 Å². The molecule has 1 aliphatic heterocycles. The van der Waals surface area contributed by atoms with Crippen molar-refractivity contribution in [3.05, 3.63) is 0 Å². The molecule has 1 unspecified atom stereocenters. The second kappa shape index (κ2) is 2.90. The molecule has 3 heteroatoms. The van der Waals surface area contributed by atoms with E-state index in [4.69, 9.17) is 0 Å². The van der Waals surface area contributed by atoms with Gasteiger partial charge >= 0.3 is 0 Å². The highest BCUT2D eigenvalue weighted by Gasteiger charge is 2.17. The van der Waals surface area contributed by atoms with E-state index >= 15 is 0 Å². The number of likely N-dealkylation sites (N-methyl/N-ethyl adjacent to an activating group) is 1. The molecule has 54 valence electrons. The summed E-state index contributed by atoms with van der Waals surface area (Å²) in [6.45, 7) is 5.54. The van der Waals surface area contributed by atoms with Crippen molar-refractivity contribution in [1.82, 2.24) is 9.21 Å². The molecule has 1 aliphatic rings. The molecule has 0 aromatic rings. The Morgan fingerprint density at radius 1 is 1.44 bits per heavy atom. The van der Waals surface area contributed by atoms with Crippen LogP contribution in [0.25, 0.3) is 0 Å². The normalized spacial score (nSPS) is 33.0. The predicted molar refractivity (Wildman–Crippen MR) is 42.7 cm³/mol. The lowest BCUT2D eigenvalue weighted by atomic mass is 10.2. The molecule has 0 saturated carbocycles. The fraction of sp³-hybridized carbons (Fsp3) is 1.00. The summed E-state index contributed by atoms with van der Waals surface area (Å²) in [7, 11) is 2.16. The predicted octanol–water partition coefficient (Wildman–Crippen LogP) is 0.467. The van der Waals surface area contributed by atoms with E-state index in [0.717, 1.165) is 19.6 Å². The number of rotatable bonds is 0. The Labute approximate surface area is 62.4 Å². The lowest BCUT2D eigenvalue weighted by Crippen LogP contribution is -2.46. The van der Waals surface area contributed by atoms with Crippen molar-refractivity contribution in [3.8, 4) is 0 Å². The average molecular weight is 146 g/mol. The van der Waals surface area contributed by atoms with E-state index in [9.17, 15) is 0 Å². The first-order chi connectivity index (χ1) is 4.20. The topological polar surface area (TPSA) is 6.48 Å². The maximum atomic E-state index is 4.27. The second-order valence-electron chi connectivity index (χ2n) is 2.74. The molecule has 2 nitrogen and oxygen atoms in total. The zero-order chi connectivity index (χ0) is 6.85. The number of hydrogen-bond donors (Lipinski definition) is 1. The number of piperazine rings is 1. The molecule has 0 spiro atoms. The molecule has 9 heavy (non-hydrogen) atoms. The standard InChI is InChI=1S/C6H14N2S/c1-6-5-8(9)4-3-7(6)2/h6,9H,3-5H2,1-2H3. The van der Waals surface area contributed by atoms with Gasteiger partial charge in [0.15, 0.2) is 0 Å². The molecule has 0 bridgehead atoms. The highest BCUT2D eigenvalue weighted by Crippen LogP contribution is 2.07. The number of thiol groups is 1. The van der Waals surface area contributed by atoms with Gasteiger partial charge in [-0.05, 0) is 14.0 Å². The van der Waals surface area contributed by atoms with E-state index in [1.165, 1.54) is 0 Å². The third-order valence-corrected chi connectivity index (χ3v) is 2.30. The van der Waals surface area contributed by atoms with Crippen LogP contribution in [0, 0.1) is 0 Å². The van der Waals surface area contributed by atoms with Gasteiger partial charge in [0, 0.05) is 25.7 Å². The lowest BCUT2D eigenvalue weighted by molar-refractivity contribution is 0.168. The van der Waals surface area contributed by atoms with E-state index in [0.29, 0.717) is 6.04 Å². The van der Waals surface area contributed by atoms with E-state index in [2.05, 4.69) is 36.0 Å². The van der Waals surface area contributed by atoms with Crippen LogP contribution in [0.5, 0.6) is 0 Å². The van der Waals surface area contributed by atoms with Gasteiger partial charge in [0.05, 0.1) is 0 Å². The summed E-state index contributed by atoms with van der Waals surface area (Å²) < 4.78 is 2.07. The van der Waals surface area contributed by atoms with Gasteiger partial charge in [0.1, 0.15) is 0 Å². The molecule has 0 aromatic heterocycles. The van der Waals surface area contributed by atoms with Crippen molar-refractivity contribution < 1.29 is 0 Å². The lowest BCUT2D eigenvalue weighted by Gasteiger charge is -2.34. The molecule has 1 fully saturated rings. The molecule has 0 aromatic carbocycles. The zero-order valence-corrected chi connectivity index (χ0v) is 6.93. The highest BCUT2D eigenvalue weighted by atomic mass is 32.1. The van der Waals surface area contributed by atoms with Crippen LogP contribution in [0.4, 0.5) is 0 Å². The summed E-state index contributed by atoms with van der Waals surface area (Å²) in [6.07, 6.45) is 0. The van der Waals surface area contributed by atoms with Crippen molar-refractivity contribution in [2.75, 3.05) is 26.7 Å². The summed E-state index contributed by atoms with van der Waals surface area (Å²) in [5.41, 5.74) is 0. The summed E-state index contributed by atoms with van der Waals surface area (Å²) in [4.78, 5) is 2.35. The third-order valence-electron chi connectivity index (χ3n) is 1.94. The Hall–Kier alpha value is 0.270. The molecule has 0 radical (unpaired) electrons. The van der Waals surface area contributed by atoms with Crippen molar-refractivity contribution in [1.29, 1.82) is 0 Å². The van der Waals surface area contributed by atoms with Crippen LogP contribution in [-0.2, 0) is 0 Å². The van der Waals surface area contributed by atoms with Crippen LogP contribution in [0.3, 0.4) is 0 Å². The number of hydrogen-bond acceptors (Lipinski definition) is 3. The van der Waals surface area contributed by atoms with Gasteiger partial charge in [0.2, 0.25) is 0 Å². The van der Waals surface area contributed by atoms with Crippen LogP contribution in [-0.4, -0.2) is 41.9 Å². The van der Waals surface area contributed by atoms with E-state index in [1.54, 1.807) is 0 Å². The first kappa shape index (κ1) is 7.38. The van der Waals surface area contributed by atoms with Crippen molar-refractivity contribution >= 4 is 12.8 Å². The summed E-state index contributed by atoms with van der Waals surface area (Å²) in [5.74, 6) is 0. The van der Waals surface area contributed by atoms with Gasteiger partial charge in [0.25, 0.3) is 0 Å². The minimum atomic E-state index is 0.663. The molecule has 0 aliphatic carbocycles. The Kier molecular flexibility index (Phi) is 2.38. The average Bonchev–Trinajstić information content (AvgIpc) is 1.80. The Morgan fingerprint density at radius 3 is 2.56 bits per heavy atom. The number of nitrogens with zero attached hydrogens (tertiary/aromatic N) is 2. The SMILES string of the molecule is CC1CN(S)CCN1C. The molecule has 1 atom stereocenters. The maximum absolute atomic E-state index is 4.27. The molecular weight excluding hydrogens is 132 g/mol. The smallest absolute Gasteiger partial charge is 0.0241 e. The molecule has 1 saturated heterocycles. The van der Waals surface area contributed by atoms with Crippen LogP contribution in [0.2, 0.25) is 0 Å². The van der Waals surface area contributed by atoms with E-state index in [-0.39, 0.29) is 0 Å². The molecular formula is C6H14N2S. The second-order valence-corrected chi connectivity index (χ2v) is 3.31. The van der Waals surface area contributed by atoms with Gasteiger partial charge in [-0.2, -0.15) is 0 Å². The maximum Gasteiger partial charge on any atom is 0.0241 e. The van der Waals surface area contributed by atoms with Crippen molar-refractivity contribution in [3.63, 3.8) is 0 Å². The fourth-order valence-corrected chi connectivity index (χ4v) is 1.35. The zero-order valence-electron chi connectivity index (χ0n) is 6.04. The van der Waals surface area contributed by atoms with Crippen LogP contribution < -0.4 is 0 Å². The Morgan fingerprint density at radius 2 is 2.11 bits per heavy atom. The molecule has 0 N–H and O–H groups in total. The van der Waals surface area contributed by atoms with Crippen LogP contribution in [0.15, 0.2) is 0 Å². The van der Waals surface area contributed by atoms with Crippen molar-refractivity contribution in [2.24, 2.45) is 0 Å². The van der Waals surface area contributed by atoms with Gasteiger partial charge < -0.3 is 4.90 Å². The first-order valence-electron chi connectivity index (χ1n) is 3.34. The molecule has 1 heterocycles. The van der Waals surface area contributed by atoms with Crippen LogP contribution >= 0.6 is 12.8 Å². The minimum absolute atomic E-state index is 0.663. The van der Waals surface area contributed by atoms with Gasteiger partial charge in [-0.1, -0.05) is 12.8 Å². The Balaban J connectivity index is 2.35. The monoisotopic (exact) mass is 146 g/mol. The first-order valence-corrected chi connectivity index (χ1v) is 3.74. The third kappa shape index (κ3) is 1.85. The summed E-state index contributed by atoms with van der Waals surface area (Å²) in [5, 5.41) is 0. The summed E-state index contributed by atoms with van der Waals surface area (Å²) in [6, 6.07) is 0.663. The van der Waals surface area contributed by atoms with Gasteiger partial charge in [-0.3, -0.25) is 4.31 Å². The highest BCUT2D eigenvalue weighted by molar-refractivity contribution is 7.77. The minimum Gasteiger partial charge on any atom is -0.301 e. The van der Waals surface area contributed by atoms with Crippen LogP contribution in [0.1, 0.15) is 6.92 Å². The largest absolute Gasteiger partial charge is 0.301 e. The fourth-order valence-electron chi connectivity index (χ4n) is 1.03. The van der Waals surface area contributed by atoms with E-state index < -0.39 is 0 Å². The van der Waals surface area contributed by atoms with Crippen molar-refractivity contribution in [2.45, 2.75) is 13.0 Å². The quantitative estimate of drug-likeness (QED) is 0.496. The summed E-state index contributed by atoms with van der Waals surface area (Å²) >= 11 is 4.27. The molecule has 1 rings (SSSR count). The Bertz CT molecular complexity index is 97.1. The molecule has 0 amide bonds.